The van der Waals surface area contributed by atoms with Crippen LogP contribution in [0.5, 0.6) is 0 Å². The van der Waals surface area contributed by atoms with Crippen LogP contribution >= 0.6 is 11.6 Å². The van der Waals surface area contributed by atoms with E-state index in [0.717, 1.165) is 5.56 Å². The number of nitrogens with zero attached hydrogens (tertiary/aromatic N) is 3. The number of hydrogen-bond acceptors (Lipinski definition) is 4. The van der Waals surface area contributed by atoms with Crippen molar-refractivity contribution in [2.45, 2.75) is 11.4 Å². The molecule has 9 heteroatoms. The van der Waals surface area contributed by atoms with Crippen molar-refractivity contribution in [3.63, 3.8) is 0 Å². The van der Waals surface area contributed by atoms with Crippen molar-refractivity contribution in [3.05, 3.63) is 53.5 Å². The van der Waals surface area contributed by atoms with Gasteiger partial charge in [-0.2, -0.15) is 4.31 Å². The molecule has 0 bridgehead atoms. The normalized spacial score (nSPS) is 16.7. The van der Waals surface area contributed by atoms with Gasteiger partial charge < -0.3 is 9.88 Å². The zero-order chi connectivity index (χ0) is 18.6. The van der Waals surface area contributed by atoms with E-state index in [1.807, 2.05) is 18.2 Å². The third-order valence-corrected chi connectivity index (χ3v) is 6.34. The highest BCUT2D eigenvalue weighted by Gasteiger charge is 2.28. The molecule has 0 saturated carbocycles. The van der Waals surface area contributed by atoms with Crippen LogP contribution in [0.25, 0.3) is 6.08 Å². The van der Waals surface area contributed by atoms with Gasteiger partial charge in [-0.3, -0.25) is 4.79 Å². The molecule has 1 aliphatic rings. The van der Waals surface area contributed by atoms with Gasteiger partial charge in [-0.15, -0.1) is 0 Å². The number of rotatable bonds is 4. The first-order valence-electron chi connectivity index (χ1n) is 8.18. The zero-order valence-electron chi connectivity index (χ0n) is 14.0. The number of amides is 1. The Balaban J connectivity index is 1.65. The number of halogens is 1. The third kappa shape index (κ3) is 4.14. The Morgan fingerprint density at radius 2 is 2.00 bits per heavy atom. The Bertz CT molecular complexity index is 896. The van der Waals surface area contributed by atoms with E-state index in [1.54, 1.807) is 17.0 Å². The van der Waals surface area contributed by atoms with Gasteiger partial charge in [0.2, 0.25) is 5.91 Å². The minimum atomic E-state index is -3.61. The molecule has 0 aliphatic carbocycles. The number of aromatic nitrogens is 2. The quantitative estimate of drug-likeness (QED) is 0.803. The van der Waals surface area contributed by atoms with E-state index in [-0.39, 0.29) is 17.5 Å². The average molecular weight is 395 g/mol. The summed E-state index contributed by atoms with van der Waals surface area (Å²) in [6.45, 7) is 1.44. The van der Waals surface area contributed by atoms with Gasteiger partial charge in [-0.05, 0) is 24.1 Å². The third-order valence-electron chi connectivity index (χ3n) is 4.17. The molecular weight excluding hydrogens is 376 g/mol. The van der Waals surface area contributed by atoms with Gasteiger partial charge in [0.1, 0.15) is 0 Å². The molecule has 26 heavy (non-hydrogen) atoms. The van der Waals surface area contributed by atoms with Crippen molar-refractivity contribution in [2.24, 2.45) is 0 Å². The lowest BCUT2D eigenvalue weighted by atomic mass is 10.2. The standard InChI is InChI=1S/C17H19ClN4O3S/c18-15-5-2-1-4-14(15)6-7-17(23)21-8-3-9-22(11-10-21)26(24,25)16-12-19-13-20-16/h1-2,4-7,12-13H,3,8-11H2,(H,19,20)/b7-6+. The molecular formula is C17H19ClN4O3S. The first-order chi connectivity index (χ1) is 12.5. The number of nitrogens with one attached hydrogen (secondary N) is 1. The van der Waals surface area contributed by atoms with Crippen LogP contribution in [0.2, 0.25) is 5.02 Å². The molecule has 1 N–H and O–H groups in total. The lowest BCUT2D eigenvalue weighted by Gasteiger charge is -2.20. The zero-order valence-corrected chi connectivity index (χ0v) is 15.6. The van der Waals surface area contributed by atoms with Crippen molar-refractivity contribution in [2.75, 3.05) is 26.2 Å². The Morgan fingerprint density at radius 1 is 1.19 bits per heavy atom. The summed E-state index contributed by atoms with van der Waals surface area (Å²) in [5, 5.41) is 0.639. The van der Waals surface area contributed by atoms with Crippen molar-refractivity contribution < 1.29 is 13.2 Å². The van der Waals surface area contributed by atoms with Crippen LogP contribution in [0.3, 0.4) is 0 Å². The van der Waals surface area contributed by atoms with Crippen molar-refractivity contribution >= 4 is 33.6 Å². The lowest BCUT2D eigenvalue weighted by Crippen LogP contribution is -2.36. The summed E-state index contributed by atoms with van der Waals surface area (Å²) in [5.74, 6) is -0.161. The van der Waals surface area contributed by atoms with Crippen LogP contribution in [-0.2, 0) is 14.8 Å². The summed E-state index contributed by atoms with van der Waals surface area (Å²) in [5.41, 5.74) is 0.765. The maximum absolute atomic E-state index is 12.5. The van der Waals surface area contributed by atoms with E-state index < -0.39 is 10.0 Å². The number of imidazole rings is 1. The van der Waals surface area contributed by atoms with Crippen molar-refractivity contribution in [1.82, 2.24) is 19.2 Å². The summed E-state index contributed by atoms with van der Waals surface area (Å²) in [4.78, 5) is 20.5. The van der Waals surface area contributed by atoms with E-state index >= 15 is 0 Å². The topological polar surface area (TPSA) is 86.4 Å². The van der Waals surface area contributed by atoms with E-state index in [0.29, 0.717) is 31.1 Å². The molecule has 1 aromatic carbocycles. The fourth-order valence-corrected chi connectivity index (χ4v) is 4.32. The van der Waals surface area contributed by atoms with Gasteiger partial charge in [0, 0.05) is 37.3 Å². The molecule has 0 spiro atoms. The van der Waals surface area contributed by atoms with Crippen LogP contribution in [0.15, 0.2) is 47.9 Å². The summed E-state index contributed by atoms with van der Waals surface area (Å²) >= 11 is 6.08. The average Bonchev–Trinajstić information content (AvgIpc) is 3.06. The molecule has 3 rings (SSSR count). The molecule has 138 valence electrons. The van der Waals surface area contributed by atoms with Crippen molar-refractivity contribution in [1.29, 1.82) is 0 Å². The number of aromatic amines is 1. The first-order valence-corrected chi connectivity index (χ1v) is 10.0. The van der Waals surface area contributed by atoms with E-state index in [1.165, 1.54) is 22.9 Å². The Kier molecular flexibility index (Phi) is 5.75. The molecule has 1 aliphatic heterocycles. The van der Waals surface area contributed by atoms with Crippen LogP contribution < -0.4 is 0 Å². The van der Waals surface area contributed by atoms with Crippen LogP contribution in [-0.4, -0.2) is 59.7 Å². The SMILES string of the molecule is O=C(/C=C/c1ccccc1Cl)N1CCCN(S(=O)(=O)c2cnc[nH]2)CC1. The smallest absolute Gasteiger partial charge is 0.260 e. The Morgan fingerprint density at radius 3 is 2.73 bits per heavy atom. The van der Waals surface area contributed by atoms with Crippen LogP contribution in [0.4, 0.5) is 0 Å². The molecule has 2 aromatic rings. The number of carbonyl (C=O) groups is 1. The second-order valence-corrected chi connectivity index (χ2v) is 8.17. The van der Waals surface area contributed by atoms with Gasteiger partial charge in [-0.25, -0.2) is 13.4 Å². The molecule has 0 unspecified atom stereocenters. The molecule has 0 radical (unpaired) electrons. The maximum atomic E-state index is 12.5. The number of carbonyl (C=O) groups excluding carboxylic acids is 1. The fraction of sp³-hybridized carbons (Fsp3) is 0.294. The molecule has 0 atom stereocenters. The van der Waals surface area contributed by atoms with E-state index in [9.17, 15) is 13.2 Å². The summed E-state index contributed by atoms with van der Waals surface area (Å²) in [6.07, 6.45) is 6.34. The largest absolute Gasteiger partial charge is 0.338 e. The second kappa shape index (κ2) is 8.03. The molecule has 7 nitrogen and oxygen atoms in total. The maximum Gasteiger partial charge on any atom is 0.260 e. The molecule has 1 amide bonds. The lowest BCUT2D eigenvalue weighted by molar-refractivity contribution is -0.125. The number of benzene rings is 1. The highest BCUT2D eigenvalue weighted by atomic mass is 35.5. The van der Waals surface area contributed by atoms with E-state index in [2.05, 4.69) is 9.97 Å². The Labute approximate surface area is 157 Å². The van der Waals surface area contributed by atoms with Crippen LogP contribution in [0, 0.1) is 0 Å². The molecule has 1 aromatic heterocycles. The van der Waals surface area contributed by atoms with Gasteiger partial charge in [0.15, 0.2) is 5.03 Å². The first kappa shape index (κ1) is 18.6. The highest BCUT2D eigenvalue weighted by molar-refractivity contribution is 7.89. The fourth-order valence-electron chi connectivity index (χ4n) is 2.75. The monoisotopic (exact) mass is 394 g/mol. The number of sulfonamides is 1. The highest BCUT2D eigenvalue weighted by Crippen LogP contribution is 2.17. The molecule has 2 heterocycles. The minimum Gasteiger partial charge on any atom is -0.338 e. The minimum absolute atomic E-state index is 0.0656. The summed E-state index contributed by atoms with van der Waals surface area (Å²) in [7, 11) is -3.61. The Hall–Kier alpha value is -2.16. The van der Waals surface area contributed by atoms with E-state index in [4.69, 9.17) is 11.6 Å². The van der Waals surface area contributed by atoms with Gasteiger partial charge in [-0.1, -0.05) is 29.8 Å². The molecule has 1 fully saturated rings. The van der Waals surface area contributed by atoms with Gasteiger partial charge >= 0.3 is 0 Å². The van der Waals surface area contributed by atoms with Crippen molar-refractivity contribution in [3.8, 4) is 0 Å². The molecule has 1 saturated heterocycles. The predicted molar refractivity (Wildman–Crippen MR) is 99.0 cm³/mol. The number of H-pyrrole nitrogens is 1. The summed E-state index contributed by atoms with van der Waals surface area (Å²) in [6, 6.07) is 7.26. The second-order valence-electron chi connectivity index (χ2n) is 5.85. The van der Waals surface area contributed by atoms with Gasteiger partial charge in [0.05, 0.1) is 12.5 Å². The summed E-state index contributed by atoms with van der Waals surface area (Å²) < 4.78 is 26.5. The van der Waals surface area contributed by atoms with Gasteiger partial charge in [0.25, 0.3) is 10.0 Å². The number of hydrogen-bond donors (Lipinski definition) is 1. The van der Waals surface area contributed by atoms with Crippen LogP contribution in [0.1, 0.15) is 12.0 Å². The predicted octanol–water partition coefficient (Wildman–Crippen LogP) is 2.00.